The van der Waals surface area contributed by atoms with E-state index in [0.29, 0.717) is 12.2 Å². The van der Waals surface area contributed by atoms with Crippen LogP contribution in [0.4, 0.5) is 18.0 Å². The standard InChI is InChI=1S/C15H20F3N3O3/c1-10(12-3-2-6-23-12)21-14(22)20-8-11-4-5-19-13(7-11)24-9-15(16,17)18/h4-5,7,10,12H,2-3,6,8-9H2,1H3,(H2,20,21,22)/t10-,12-/m0/s1. The lowest BCUT2D eigenvalue weighted by atomic mass is 10.1. The van der Waals surface area contributed by atoms with E-state index in [1.54, 1.807) is 6.07 Å². The Hall–Kier alpha value is -2.03. The zero-order valence-electron chi connectivity index (χ0n) is 13.2. The van der Waals surface area contributed by atoms with Crippen LogP contribution in [-0.4, -0.2) is 42.6 Å². The predicted molar refractivity (Wildman–Crippen MR) is 79.6 cm³/mol. The molecule has 1 aliphatic rings. The van der Waals surface area contributed by atoms with Gasteiger partial charge in [0.05, 0.1) is 12.1 Å². The normalized spacial score (nSPS) is 18.9. The highest BCUT2D eigenvalue weighted by molar-refractivity contribution is 5.74. The van der Waals surface area contributed by atoms with E-state index in [2.05, 4.69) is 20.4 Å². The number of amides is 2. The minimum atomic E-state index is -4.42. The maximum atomic E-state index is 12.1. The van der Waals surface area contributed by atoms with Crippen LogP contribution >= 0.6 is 0 Å². The maximum absolute atomic E-state index is 12.1. The highest BCUT2D eigenvalue weighted by Gasteiger charge is 2.28. The molecule has 0 spiro atoms. The summed E-state index contributed by atoms with van der Waals surface area (Å²) in [4.78, 5) is 15.6. The van der Waals surface area contributed by atoms with Crippen LogP contribution in [-0.2, 0) is 11.3 Å². The molecule has 1 saturated heterocycles. The topological polar surface area (TPSA) is 72.5 Å². The van der Waals surface area contributed by atoms with Crippen molar-refractivity contribution in [3.63, 3.8) is 0 Å². The van der Waals surface area contributed by atoms with Crippen LogP contribution < -0.4 is 15.4 Å². The van der Waals surface area contributed by atoms with Crippen LogP contribution in [0.15, 0.2) is 18.3 Å². The Balaban J connectivity index is 1.77. The monoisotopic (exact) mass is 347 g/mol. The zero-order valence-corrected chi connectivity index (χ0v) is 13.2. The number of carbonyl (C=O) groups excluding carboxylic acids is 1. The molecule has 2 heterocycles. The Morgan fingerprint density at radius 2 is 2.33 bits per heavy atom. The van der Waals surface area contributed by atoms with Crippen molar-refractivity contribution >= 4 is 6.03 Å². The molecule has 1 aromatic heterocycles. The quantitative estimate of drug-likeness (QED) is 0.829. The summed E-state index contributed by atoms with van der Waals surface area (Å²) in [5.74, 6) is -0.139. The van der Waals surface area contributed by atoms with Crippen molar-refractivity contribution in [1.82, 2.24) is 15.6 Å². The second-order valence-corrected chi connectivity index (χ2v) is 5.57. The Morgan fingerprint density at radius 1 is 1.54 bits per heavy atom. The number of hydrogen-bond donors (Lipinski definition) is 2. The predicted octanol–water partition coefficient (Wildman–Crippen LogP) is 2.39. The number of ether oxygens (including phenoxy) is 2. The third kappa shape index (κ3) is 6.23. The molecule has 24 heavy (non-hydrogen) atoms. The zero-order chi connectivity index (χ0) is 17.6. The average molecular weight is 347 g/mol. The SMILES string of the molecule is C[C@H](NC(=O)NCc1ccnc(OCC(F)(F)F)c1)[C@@H]1CCCO1. The molecular weight excluding hydrogens is 327 g/mol. The summed E-state index contributed by atoms with van der Waals surface area (Å²) >= 11 is 0. The third-order valence-corrected chi connectivity index (χ3v) is 3.52. The van der Waals surface area contributed by atoms with E-state index in [0.717, 1.165) is 12.8 Å². The summed E-state index contributed by atoms with van der Waals surface area (Å²) in [6.45, 7) is 1.31. The first kappa shape index (κ1) is 18.3. The molecule has 0 aromatic carbocycles. The van der Waals surface area contributed by atoms with Gasteiger partial charge in [0.15, 0.2) is 6.61 Å². The second-order valence-electron chi connectivity index (χ2n) is 5.57. The smallest absolute Gasteiger partial charge is 0.422 e. The fourth-order valence-corrected chi connectivity index (χ4v) is 2.33. The lowest BCUT2D eigenvalue weighted by Crippen LogP contribution is -2.45. The van der Waals surface area contributed by atoms with E-state index < -0.39 is 12.8 Å². The van der Waals surface area contributed by atoms with E-state index in [1.165, 1.54) is 12.3 Å². The van der Waals surface area contributed by atoms with Crippen molar-refractivity contribution in [2.45, 2.75) is 44.6 Å². The minimum absolute atomic E-state index is 0.0130. The maximum Gasteiger partial charge on any atom is 0.422 e. The highest BCUT2D eigenvalue weighted by Crippen LogP contribution is 2.18. The van der Waals surface area contributed by atoms with Gasteiger partial charge in [0.25, 0.3) is 0 Å². The fraction of sp³-hybridized carbons (Fsp3) is 0.600. The molecule has 134 valence electrons. The van der Waals surface area contributed by atoms with E-state index >= 15 is 0 Å². The van der Waals surface area contributed by atoms with Crippen LogP contribution in [0.25, 0.3) is 0 Å². The molecule has 1 aromatic rings. The van der Waals surface area contributed by atoms with Gasteiger partial charge in [-0.05, 0) is 31.4 Å². The molecule has 6 nitrogen and oxygen atoms in total. The number of carbonyl (C=O) groups is 1. The number of urea groups is 1. The lowest BCUT2D eigenvalue weighted by molar-refractivity contribution is -0.154. The number of hydrogen-bond acceptors (Lipinski definition) is 4. The second kappa shape index (κ2) is 8.18. The van der Waals surface area contributed by atoms with Crippen molar-refractivity contribution in [3.05, 3.63) is 23.9 Å². The van der Waals surface area contributed by atoms with Crippen molar-refractivity contribution in [1.29, 1.82) is 0 Å². The Labute approximate surface area is 137 Å². The first-order valence-corrected chi connectivity index (χ1v) is 7.64. The highest BCUT2D eigenvalue weighted by atomic mass is 19.4. The molecule has 2 atom stereocenters. The molecule has 0 aliphatic carbocycles. The summed E-state index contributed by atoms with van der Waals surface area (Å²) in [5, 5.41) is 5.42. The van der Waals surface area contributed by atoms with Gasteiger partial charge in [0.1, 0.15) is 0 Å². The fourth-order valence-electron chi connectivity index (χ4n) is 2.33. The lowest BCUT2D eigenvalue weighted by Gasteiger charge is -2.20. The molecule has 0 radical (unpaired) electrons. The van der Waals surface area contributed by atoms with Gasteiger partial charge < -0.3 is 20.1 Å². The van der Waals surface area contributed by atoms with Gasteiger partial charge in [-0.3, -0.25) is 0 Å². The van der Waals surface area contributed by atoms with E-state index in [-0.39, 0.29) is 30.6 Å². The van der Waals surface area contributed by atoms with E-state index in [1.807, 2.05) is 6.92 Å². The third-order valence-electron chi connectivity index (χ3n) is 3.52. The van der Waals surface area contributed by atoms with Gasteiger partial charge in [-0.25, -0.2) is 9.78 Å². The number of nitrogens with one attached hydrogen (secondary N) is 2. The van der Waals surface area contributed by atoms with Crippen LogP contribution in [0.3, 0.4) is 0 Å². The van der Waals surface area contributed by atoms with Gasteiger partial charge >= 0.3 is 12.2 Å². The van der Waals surface area contributed by atoms with Crippen LogP contribution in [0, 0.1) is 0 Å². The van der Waals surface area contributed by atoms with Crippen LogP contribution in [0.5, 0.6) is 5.88 Å². The molecule has 2 amide bonds. The molecule has 0 bridgehead atoms. The number of rotatable bonds is 6. The van der Waals surface area contributed by atoms with Crippen molar-refractivity contribution in [2.75, 3.05) is 13.2 Å². The minimum Gasteiger partial charge on any atom is -0.468 e. The summed E-state index contributed by atoms with van der Waals surface area (Å²) in [6.07, 6.45) is -1.19. The van der Waals surface area contributed by atoms with Crippen LogP contribution in [0.1, 0.15) is 25.3 Å². The number of alkyl halides is 3. The van der Waals surface area contributed by atoms with Gasteiger partial charge in [-0.15, -0.1) is 0 Å². The van der Waals surface area contributed by atoms with Crippen molar-refractivity contribution in [3.8, 4) is 5.88 Å². The molecule has 1 fully saturated rings. The molecule has 0 unspecified atom stereocenters. The first-order chi connectivity index (χ1) is 11.3. The molecule has 9 heteroatoms. The van der Waals surface area contributed by atoms with Crippen LogP contribution in [0.2, 0.25) is 0 Å². The van der Waals surface area contributed by atoms with Gasteiger partial charge in [-0.1, -0.05) is 0 Å². The first-order valence-electron chi connectivity index (χ1n) is 7.64. The number of nitrogens with zero attached hydrogens (tertiary/aromatic N) is 1. The Bertz CT molecular complexity index is 548. The van der Waals surface area contributed by atoms with E-state index in [9.17, 15) is 18.0 Å². The number of pyridine rings is 1. The Morgan fingerprint density at radius 3 is 3.00 bits per heavy atom. The number of halogens is 3. The Kier molecular flexibility index (Phi) is 6.24. The molecule has 2 N–H and O–H groups in total. The average Bonchev–Trinajstić information content (AvgIpc) is 3.05. The summed E-state index contributed by atoms with van der Waals surface area (Å²) < 4.78 is 46.4. The number of aromatic nitrogens is 1. The summed E-state index contributed by atoms with van der Waals surface area (Å²) in [7, 11) is 0. The molecular formula is C15H20F3N3O3. The summed E-state index contributed by atoms with van der Waals surface area (Å²) in [5.41, 5.74) is 0.585. The molecule has 1 aliphatic heterocycles. The van der Waals surface area contributed by atoms with E-state index in [4.69, 9.17) is 4.74 Å². The van der Waals surface area contributed by atoms with Gasteiger partial charge in [-0.2, -0.15) is 13.2 Å². The van der Waals surface area contributed by atoms with Gasteiger partial charge in [0, 0.05) is 25.4 Å². The van der Waals surface area contributed by atoms with Crippen molar-refractivity contribution < 1.29 is 27.4 Å². The molecule has 2 rings (SSSR count). The van der Waals surface area contributed by atoms with Crippen molar-refractivity contribution in [2.24, 2.45) is 0 Å². The largest absolute Gasteiger partial charge is 0.468 e. The molecule has 0 saturated carbocycles. The summed E-state index contributed by atoms with van der Waals surface area (Å²) in [6, 6.07) is 2.46. The van der Waals surface area contributed by atoms with Gasteiger partial charge in [0.2, 0.25) is 5.88 Å².